The zero-order valence-corrected chi connectivity index (χ0v) is 16.5. The Bertz CT molecular complexity index is 1180. The first-order chi connectivity index (χ1) is 14.7. The zero-order valence-electron chi connectivity index (χ0n) is 16.5. The number of rotatable bonds is 5. The fraction of sp³-hybridized carbons (Fsp3) is 0.0800. The summed E-state index contributed by atoms with van der Waals surface area (Å²) < 4.78 is 7.17. The van der Waals surface area contributed by atoms with Gasteiger partial charge in [-0.25, -0.2) is 9.78 Å². The Morgan fingerprint density at radius 1 is 0.900 bits per heavy atom. The van der Waals surface area contributed by atoms with Crippen molar-refractivity contribution in [2.75, 3.05) is 0 Å². The van der Waals surface area contributed by atoms with Gasteiger partial charge in [-0.15, -0.1) is 0 Å². The second kappa shape index (κ2) is 8.57. The van der Waals surface area contributed by atoms with Crippen LogP contribution in [0, 0.1) is 0 Å². The molecule has 0 amide bonds. The summed E-state index contributed by atoms with van der Waals surface area (Å²) in [5.74, 6) is 0.114. The van der Waals surface area contributed by atoms with Crippen LogP contribution in [0.3, 0.4) is 0 Å². The van der Waals surface area contributed by atoms with Crippen molar-refractivity contribution >= 4 is 11.9 Å². The summed E-state index contributed by atoms with van der Waals surface area (Å²) in [6.07, 6.45) is 3.98. The Labute approximate surface area is 174 Å². The highest BCUT2D eigenvalue weighted by Crippen LogP contribution is 2.31. The second-order valence-corrected chi connectivity index (χ2v) is 6.73. The van der Waals surface area contributed by atoms with Gasteiger partial charge in [0.25, 0.3) is 5.91 Å². The van der Waals surface area contributed by atoms with Crippen molar-refractivity contribution in [2.24, 2.45) is 0 Å². The first kappa shape index (κ1) is 19.3. The van der Waals surface area contributed by atoms with Crippen molar-refractivity contribution in [3.8, 4) is 17.1 Å². The minimum atomic E-state index is -0.464. The third-order valence-corrected chi connectivity index (χ3v) is 4.79. The number of esters is 1. The van der Waals surface area contributed by atoms with Crippen LogP contribution in [0.5, 0.6) is 5.75 Å². The Morgan fingerprint density at radius 2 is 1.57 bits per heavy atom. The minimum Gasteiger partial charge on any atom is -0.422 e. The van der Waals surface area contributed by atoms with Gasteiger partial charge in [0.1, 0.15) is 5.75 Å². The number of imidazole rings is 1. The SMILES string of the molecule is CCc1ccc(OC(=O)c2ccccc2)c(-c2nccn2C(=O)c2ccccc2)c1. The molecule has 0 atom stereocenters. The molecule has 5 heteroatoms. The summed E-state index contributed by atoms with van der Waals surface area (Å²) >= 11 is 0. The van der Waals surface area contributed by atoms with E-state index in [0.29, 0.717) is 28.3 Å². The maximum atomic E-state index is 13.0. The molecular formula is C25H20N2O3. The van der Waals surface area contributed by atoms with E-state index in [9.17, 15) is 9.59 Å². The van der Waals surface area contributed by atoms with Crippen molar-refractivity contribution in [1.82, 2.24) is 9.55 Å². The van der Waals surface area contributed by atoms with Crippen LogP contribution in [0.2, 0.25) is 0 Å². The minimum absolute atomic E-state index is 0.203. The standard InChI is InChI=1S/C25H20N2O3/c1-2-18-13-14-22(30-25(29)20-11-7-4-8-12-20)21(17-18)23-26-15-16-27(23)24(28)19-9-5-3-6-10-19/h3-17H,2H2,1H3. The van der Waals surface area contributed by atoms with Gasteiger partial charge in [0, 0.05) is 18.0 Å². The lowest BCUT2D eigenvalue weighted by Gasteiger charge is -2.13. The molecule has 3 aromatic carbocycles. The monoisotopic (exact) mass is 396 g/mol. The molecule has 4 aromatic rings. The smallest absolute Gasteiger partial charge is 0.343 e. The van der Waals surface area contributed by atoms with Gasteiger partial charge in [0.2, 0.25) is 0 Å². The van der Waals surface area contributed by atoms with Gasteiger partial charge >= 0.3 is 5.97 Å². The molecule has 1 heterocycles. The second-order valence-electron chi connectivity index (χ2n) is 6.73. The number of benzene rings is 3. The molecule has 30 heavy (non-hydrogen) atoms. The van der Waals surface area contributed by atoms with Gasteiger partial charge in [0.15, 0.2) is 5.82 Å². The van der Waals surface area contributed by atoms with Crippen molar-refractivity contribution in [3.05, 3.63) is 108 Å². The first-order valence-electron chi connectivity index (χ1n) is 9.71. The number of carbonyl (C=O) groups excluding carboxylic acids is 2. The topological polar surface area (TPSA) is 61.2 Å². The van der Waals surface area contributed by atoms with E-state index < -0.39 is 5.97 Å². The summed E-state index contributed by atoms with van der Waals surface area (Å²) in [7, 11) is 0. The number of nitrogens with zero attached hydrogens (tertiary/aromatic N) is 2. The van der Waals surface area contributed by atoms with Crippen molar-refractivity contribution < 1.29 is 14.3 Å². The average Bonchev–Trinajstić information content (AvgIpc) is 3.29. The number of hydrogen-bond acceptors (Lipinski definition) is 4. The van der Waals surface area contributed by atoms with Crippen LogP contribution in [0.1, 0.15) is 33.2 Å². The van der Waals surface area contributed by atoms with Gasteiger partial charge in [-0.2, -0.15) is 0 Å². The highest BCUT2D eigenvalue weighted by molar-refractivity contribution is 5.98. The molecule has 148 valence electrons. The molecule has 4 rings (SSSR count). The zero-order chi connectivity index (χ0) is 20.9. The van der Waals surface area contributed by atoms with Crippen LogP contribution in [-0.2, 0) is 6.42 Å². The van der Waals surface area contributed by atoms with Crippen LogP contribution in [0.25, 0.3) is 11.4 Å². The number of aromatic nitrogens is 2. The van der Waals surface area contributed by atoms with E-state index in [1.165, 1.54) is 4.57 Å². The molecular weight excluding hydrogens is 376 g/mol. The lowest BCUT2D eigenvalue weighted by atomic mass is 10.1. The van der Waals surface area contributed by atoms with Crippen molar-refractivity contribution in [3.63, 3.8) is 0 Å². The molecule has 0 saturated heterocycles. The predicted octanol–water partition coefficient (Wildman–Crippen LogP) is 5.02. The number of ether oxygens (including phenoxy) is 1. The number of carbonyl (C=O) groups is 2. The summed E-state index contributed by atoms with van der Waals surface area (Å²) in [5, 5.41) is 0. The lowest BCUT2D eigenvalue weighted by molar-refractivity contribution is 0.0735. The van der Waals surface area contributed by atoms with Gasteiger partial charge in [-0.05, 0) is 48.4 Å². The maximum Gasteiger partial charge on any atom is 0.343 e. The van der Waals surface area contributed by atoms with E-state index in [0.717, 1.165) is 12.0 Å². The van der Waals surface area contributed by atoms with Crippen LogP contribution < -0.4 is 4.74 Å². The molecule has 5 nitrogen and oxygen atoms in total. The Hall–Kier alpha value is -3.99. The molecule has 0 aliphatic rings. The fourth-order valence-corrected chi connectivity index (χ4v) is 3.18. The quantitative estimate of drug-likeness (QED) is 0.351. The van der Waals surface area contributed by atoms with Crippen LogP contribution >= 0.6 is 0 Å². The van der Waals surface area contributed by atoms with E-state index in [1.807, 2.05) is 43.3 Å². The molecule has 0 unspecified atom stereocenters. The van der Waals surface area contributed by atoms with Gasteiger partial charge in [0.05, 0.1) is 11.1 Å². The number of hydrogen-bond donors (Lipinski definition) is 0. The van der Waals surface area contributed by atoms with Crippen molar-refractivity contribution in [1.29, 1.82) is 0 Å². The van der Waals surface area contributed by atoms with E-state index >= 15 is 0 Å². The highest BCUT2D eigenvalue weighted by atomic mass is 16.5. The summed E-state index contributed by atoms with van der Waals surface area (Å²) in [6, 6.07) is 23.4. The lowest BCUT2D eigenvalue weighted by Crippen LogP contribution is -2.14. The number of aryl methyl sites for hydroxylation is 1. The molecule has 0 radical (unpaired) electrons. The Kier molecular flexibility index (Phi) is 5.52. The van der Waals surface area contributed by atoms with E-state index in [4.69, 9.17) is 4.74 Å². The largest absolute Gasteiger partial charge is 0.422 e. The molecule has 0 aliphatic heterocycles. The third-order valence-electron chi connectivity index (χ3n) is 4.79. The summed E-state index contributed by atoms with van der Waals surface area (Å²) in [5.41, 5.74) is 2.64. The normalized spacial score (nSPS) is 10.6. The Balaban J connectivity index is 1.75. The molecule has 0 saturated carbocycles. The van der Waals surface area contributed by atoms with E-state index in [2.05, 4.69) is 4.98 Å². The Morgan fingerprint density at radius 3 is 2.23 bits per heavy atom. The summed E-state index contributed by atoms with van der Waals surface area (Å²) in [6.45, 7) is 2.04. The molecule has 0 N–H and O–H groups in total. The van der Waals surface area contributed by atoms with Crippen LogP contribution in [-0.4, -0.2) is 21.4 Å². The predicted molar refractivity (Wildman–Crippen MR) is 115 cm³/mol. The summed E-state index contributed by atoms with van der Waals surface area (Å²) in [4.78, 5) is 30.0. The average molecular weight is 396 g/mol. The molecule has 0 fully saturated rings. The molecule has 0 bridgehead atoms. The molecule has 0 spiro atoms. The van der Waals surface area contributed by atoms with E-state index in [1.54, 1.807) is 54.9 Å². The van der Waals surface area contributed by atoms with Crippen LogP contribution in [0.15, 0.2) is 91.3 Å². The van der Waals surface area contributed by atoms with Gasteiger partial charge in [-0.1, -0.05) is 49.4 Å². The van der Waals surface area contributed by atoms with Gasteiger partial charge in [-0.3, -0.25) is 9.36 Å². The maximum absolute atomic E-state index is 13.0. The highest BCUT2D eigenvalue weighted by Gasteiger charge is 2.20. The third kappa shape index (κ3) is 3.91. The molecule has 0 aliphatic carbocycles. The van der Waals surface area contributed by atoms with Crippen LogP contribution in [0.4, 0.5) is 0 Å². The fourth-order valence-electron chi connectivity index (χ4n) is 3.18. The van der Waals surface area contributed by atoms with Gasteiger partial charge < -0.3 is 4.74 Å². The van der Waals surface area contributed by atoms with E-state index in [-0.39, 0.29) is 5.91 Å². The molecule has 1 aromatic heterocycles. The first-order valence-corrected chi connectivity index (χ1v) is 9.71. The van der Waals surface area contributed by atoms with Crippen molar-refractivity contribution in [2.45, 2.75) is 13.3 Å².